The van der Waals surface area contributed by atoms with E-state index in [0.29, 0.717) is 5.92 Å². The van der Waals surface area contributed by atoms with Crippen molar-refractivity contribution in [1.29, 1.82) is 0 Å². The van der Waals surface area contributed by atoms with Gasteiger partial charge in [0.1, 0.15) is 0 Å². The van der Waals surface area contributed by atoms with Crippen molar-refractivity contribution in [2.45, 2.75) is 25.4 Å². The van der Waals surface area contributed by atoms with Crippen LogP contribution < -0.4 is 0 Å². The normalized spacial score (nSPS) is 58.8. The summed E-state index contributed by atoms with van der Waals surface area (Å²) in [5, 5.41) is 9.63. The smallest absolute Gasteiger partial charge is 0.0577 e. The molecule has 3 aliphatic carbocycles. The molecule has 0 spiro atoms. The van der Waals surface area contributed by atoms with E-state index in [1.54, 1.807) is 0 Å². The third kappa shape index (κ3) is 0.652. The van der Waals surface area contributed by atoms with Crippen molar-refractivity contribution in [3.8, 4) is 0 Å². The van der Waals surface area contributed by atoms with Gasteiger partial charge in [-0.25, -0.2) is 0 Å². The van der Waals surface area contributed by atoms with Crippen LogP contribution in [0.5, 0.6) is 0 Å². The van der Waals surface area contributed by atoms with Gasteiger partial charge in [0, 0.05) is 0 Å². The van der Waals surface area contributed by atoms with E-state index in [2.05, 4.69) is 12.2 Å². The van der Waals surface area contributed by atoms with Crippen LogP contribution in [0.15, 0.2) is 12.2 Å². The largest absolute Gasteiger partial charge is 0.393 e. The molecule has 0 amide bonds. The van der Waals surface area contributed by atoms with Gasteiger partial charge in [-0.05, 0) is 42.9 Å². The minimum atomic E-state index is 0.0315. The quantitative estimate of drug-likeness (QED) is 0.520. The van der Waals surface area contributed by atoms with Crippen molar-refractivity contribution in [1.82, 2.24) is 0 Å². The van der Waals surface area contributed by atoms with Gasteiger partial charge in [0.05, 0.1) is 6.10 Å². The van der Waals surface area contributed by atoms with Crippen LogP contribution in [0, 0.1) is 23.7 Å². The zero-order valence-electron chi connectivity index (χ0n) is 6.61. The molecule has 3 aliphatic rings. The Kier molecular flexibility index (Phi) is 1.07. The van der Waals surface area contributed by atoms with E-state index in [1.165, 1.54) is 12.8 Å². The van der Waals surface area contributed by atoms with Gasteiger partial charge in [-0.15, -0.1) is 0 Å². The second-order valence-corrected chi connectivity index (χ2v) is 4.37. The van der Waals surface area contributed by atoms with Crippen LogP contribution in [-0.2, 0) is 0 Å². The van der Waals surface area contributed by atoms with Crippen LogP contribution in [0.3, 0.4) is 0 Å². The maximum Gasteiger partial charge on any atom is 0.0577 e. The number of allylic oxidation sites excluding steroid dienone is 2. The predicted molar refractivity (Wildman–Crippen MR) is 43.0 cm³/mol. The second kappa shape index (κ2) is 1.89. The molecule has 5 atom stereocenters. The molecule has 2 fully saturated rings. The maximum atomic E-state index is 9.63. The zero-order chi connectivity index (χ0) is 7.42. The van der Waals surface area contributed by atoms with E-state index in [1.807, 2.05) is 0 Å². The van der Waals surface area contributed by atoms with Gasteiger partial charge in [-0.3, -0.25) is 0 Å². The highest BCUT2D eigenvalue weighted by Gasteiger charge is 2.51. The summed E-state index contributed by atoms with van der Waals surface area (Å²) in [6.45, 7) is 0. The standard InChI is InChI=1S/C10H14O/c11-10-5-6-4-9(10)8-3-1-2-7(6)8/h1,3,6-11H,2,4-5H2/t6-,7-,8-,9-,10+/m1/s1. The lowest BCUT2D eigenvalue weighted by Gasteiger charge is -2.27. The average Bonchev–Trinajstić information content (AvgIpc) is 2.52. The van der Waals surface area contributed by atoms with Crippen LogP contribution in [-0.4, -0.2) is 11.2 Å². The van der Waals surface area contributed by atoms with Crippen molar-refractivity contribution in [3.05, 3.63) is 12.2 Å². The summed E-state index contributed by atoms with van der Waals surface area (Å²) in [4.78, 5) is 0. The number of rotatable bonds is 0. The molecule has 3 rings (SSSR count). The number of hydrogen-bond acceptors (Lipinski definition) is 1. The van der Waals surface area contributed by atoms with Crippen LogP contribution in [0.1, 0.15) is 19.3 Å². The molecule has 0 aromatic carbocycles. The van der Waals surface area contributed by atoms with Gasteiger partial charge in [0.25, 0.3) is 0 Å². The van der Waals surface area contributed by atoms with Crippen molar-refractivity contribution in [2.75, 3.05) is 0 Å². The van der Waals surface area contributed by atoms with Crippen LogP contribution in [0.2, 0.25) is 0 Å². The zero-order valence-corrected chi connectivity index (χ0v) is 6.61. The van der Waals surface area contributed by atoms with E-state index < -0.39 is 0 Å². The lowest BCUT2D eigenvalue weighted by Crippen LogP contribution is -2.27. The summed E-state index contributed by atoms with van der Waals surface area (Å²) in [5.41, 5.74) is 0. The van der Waals surface area contributed by atoms with Crippen molar-refractivity contribution < 1.29 is 5.11 Å². The molecular weight excluding hydrogens is 136 g/mol. The number of hydrogen-bond donors (Lipinski definition) is 1. The molecule has 1 N–H and O–H groups in total. The molecule has 2 bridgehead atoms. The van der Waals surface area contributed by atoms with Gasteiger partial charge >= 0.3 is 0 Å². The van der Waals surface area contributed by atoms with E-state index in [-0.39, 0.29) is 6.10 Å². The summed E-state index contributed by atoms with van der Waals surface area (Å²) in [6.07, 6.45) is 8.38. The molecule has 60 valence electrons. The minimum absolute atomic E-state index is 0.0315. The molecule has 0 aromatic heterocycles. The van der Waals surface area contributed by atoms with E-state index in [4.69, 9.17) is 0 Å². The Labute approximate surface area is 67.1 Å². The Bertz CT molecular complexity index is 209. The molecule has 0 aromatic rings. The first-order valence-corrected chi connectivity index (χ1v) is 4.71. The molecule has 0 aliphatic heterocycles. The van der Waals surface area contributed by atoms with Gasteiger partial charge in [-0.1, -0.05) is 12.2 Å². The third-order valence-corrected chi connectivity index (χ3v) is 3.97. The minimum Gasteiger partial charge on any atom is -0.393 e. The van der Waals surface area contributed by atoms with E-state index in [0.717, 1.165) is 24.2 Å². The fourth-order valence-corrected chi connectivity index (χ4v) is 3.51. The molecule has 0 unspecified atom stereocenters. The first-order chi connectivity index (χ1) is 5.36. The van der Waals surface area contributed by atoms with Crippen molar-refractivity contribution in [2.24, 2.45) is 23.7 Å². The van der Waals surface area contributed by atoms with Crippen LogP contribution in [0.4, 0.5) is 0 Å². The van der Waals surface area contributed by atoms with Crippen molar-refractivity contribution >= 4 is 0 Å². The second-order valence-electron chi connectivity index (χ2n) is 4.37. The Morgan fingerprint density at radius 2 is 2.09 bits per heavy atom. The Balaban J connectivity index is 1.94. The topological polar surface area (TPSA) is 20.2 Å². The highest BCUT2D eigenvalue weighted by Crippen LogP contribution is 2.56. The summed E-state index contributed by atoms with van der Waals surface area (Å²) >= 11 is 0. The maximum absolute atomic E-state index is 9.63. The van der Waals surface area contributed by atoms with E-state index in [9.17, 15) is 5.11 Å². The number of fused-ring (bicyclic) bond motifs is 5. The van der Waals surface area contributed by atoms with Crippen LogP contribution in [0.25, 0.3) is 0 Å². The van der Waals surface area contributed by atoms with Gasteiger partial charge in [0.2, 0.25) is 0 Å². The molecule has 1 nitrogen and oxygen atoms in total. The Hall–Kier alpha value is -0.300. The molecule has 11 heavy (non-hydrogen) atoms. The fraction of sp³-hybridized carbons (Fsp3) is 0.800. The Morgan fingerprint density at radius 3 is 3.00 bits per heavy atom. The fourth-order valence-electron chi connectivity index (χ4n) is 3.51. The third-order valence-electron chi connectivity index (χ3n) is 3.97. The monoisotopic (exact) mass is 150 g/mol. The lowest BCUT2D eigenvalue weighted by molar-refractivity contribution is 0.0746. The highest BCUT2D eigenvalue weighted by molar-refractivity contribution is 5.14. The lowest BCUT2D eigenvalue weighted by atomic mass is 9.80. The number of aliphatic hydroxyl groups is 1. The molecule has 0 radical (unpaired) electrons. The number of aliphatic hydroxyl groups excluding tert-OH is 1. The molecule has 2 saturated carbocycles. The Morgan fingerprint density at radius 1 is 1.18 bits per heavy atom. The first-order valence-electron chi connectivity index (χ1n) is 4.71. The molecule has 0 heterocycles. The van der Waals surface area contributed by atoms with Gasteiger partial charge in [0.15, 0.2) is 0 Å². The van der Waals surface area contributed by atoms with Gasteiger partial charge < -0.3 is 5.11 Å². The van der Waals surface area contributed by atoms with E-state index >= 15 is 0 Å². The average molecular weight is 150 g/mol. The summed E-state index contributed by atoms with van der Waals surface area (Å²) in [5.74, 6) is 3.16. The highest BCUT2D eigenvalue weighted by atomic mass is 16.3. The summed E-state index contributed by atoms with van der Waals surface area (Å²) in [6, 6.07) is 0. The van der Waals surface area contributed by atoms with Crippen LogP contribution >= 0.6 is 0 Å². The first kappa shape index (κ1) is 6.24. The molecular formula is C10H14O. The SMILES string of the molecule is O[C@H]1C[C@H]2C[C@@H]1[C@@H]1C=CC[C@H]21. The van der Waals surface area contributed by atoms with Gasteiger partial charge in [-0.2, -0.15) is 0 Å². The molecule has 1 heteroatoms. The predicted octanol–water partition coefficient (Wildman–Crippen LogP) is 1.58. The van der Waals surface area contributed by atoms with Crippen molar-refractivity contribution in [3.63, 3.8) is 0 Å². The molecule has 0 saturated heterocycles. The summed E-state index contributed by atoms with van der Waals surface area (Å²) < 4.78 is 0. The summed E-state index contributed by atoms with van der Waals surface area (Å²) in [7, 11) is 0.